The Kier molecular flexibility index (Phi) is 8.06. The van der Waals surface area contributed by atoms with Crippen molar-refractivity contribution in [3.63, 3.8) is 0 Å². The van der Waals surface area contributed by atoms with Crippen LogP contribution in [0.4, 0.5) is 5.69 Å². The fourth-order valence-electron chi connectivity index (χ4n) is 4.07. The molecule has 2 N–H and O–H groups in total. The van der Waals surface area contributed by atoms with Crippen molar-refractivity contribution in [2.75, 3.05) is 5.32 Å². The van der Waals surface area contributed by atoms with E-state index in [2.05, 4.69) is 5.32 Å². The number of carbonyl (C=O) groups is 2. The predicted octanol–water partition coefficient (Wildman–Crippen LogP) is 8.06. The monoisotopic (exact) mass is 553 g/mol. The molecule has 0 unspecified atom stereocenters. The Bertz CT molecular complexity index is 1560. The summed E-state index contributed by atoms with van der Waals surface area (Å²) in [5.41, 5.74) is 4.50. The average molecular weight is 554 g/mol. The molecule has 1 amide bonds. The lowest BCUT2D eigenvalue weighted by Gasteiger charge is -2.15. The molecule has 0 saturated heterocycles. The molecule has 0 spiro atoms. The number of thiophene rings is 1. The predicted molar refractivity (Wildman–Crippen MR) is 157 cm³/mol. The molecule has 5 rings (SSSR count). The van der Waals surface area contributed by atoms with Crippen molar-refractivity contribution in [1.82, 2.24) is 0 Å². The van der Waals surface area contributed by atoms with Crippen molar-refractivity contribution in [3.05, 3.63) is 131 Å². The highest BCUT2D eigenvalue weighted by Crippen LogP contribution is 2.30. The third-order valence-electron chi connectivity index (χ3n) is 6.11. The standard InChI is InChI=1S/C32H24ClNO4S/c33-25-12-6-24(7-13-25)29-18-19-30(39-29)31(35)34-26-14-8-22(9-15-26)23-10-16-27(17-11-23)38-28(32(36)37)20-21-4-2-1-3-5-21/h1-19,28H,20H2,(H,34,35)(H,36,37)/t28-/m1/s1. The van der Waals surface area contributed by atoms with E-state index in [1.165, 1.54) is 11.3 Å². The summed E-state index contributed by atoms with van der Waals surface area (Å²) in [5, 5.41) is 13.2. The molecule has 0 aliphatic carbocycles. The SMILES string of the molecule is O=C(Nc1ccc(-c2ccc(O[C@H](Cc3ccccc3)C(=O)O)cc2)cc1)c1ccc(-c2ccc(Cl)cc2)s1. The number of rotatable bonds is 9. The summed E-state index contributed by atoms with van der Waals surface area (Å²) < 4.78 is 5.76. The number of aliphatic carboxylic acids is 1. The lowest BCUT2D eigenvalue weighted by atomic mass is 10.0. The molecule has 1 heterocycles. The summed E-state index contributed by atoms with van der Waals surface area (Å²) in [6, 6.07) is 35.5. The first kappa shape index (κ1) is 26.2. The van der Waals surface area contributed by atoms with Gasteiger partial charge < -0.3 is 15.2 Å². The molecule has 0 fully saturated rings. The number of amides is 1. The van der Waals surface area contributed by atoms with Crippen molar-refractivity contribution in [3.8, 4) is 27.3 Å². The topological polar surface area (TPSA) is 75.6 Å². The van der Waals surface area contributed by atoms with Crippen LogP contribution < -0.4 is 10.1 Å². The number of hydrogen-bond donors (Lipinski definition) is 2. The minimum Gasteiger partial charge on any atom is -0.478 e. The van der Waals surface area contributed by atoms with Gasteiger partial charge in [0.15, 0.2) is 6.10 Å². The molecule has 0 bridgehead atoms. The molecular weight excluding hydrogens is 530 g/mol. The van der Waals surface area contributed by atoms with Gasteiger partial charge in [0.05, 0.1) is 4.88 Å². The van der Waals surface area contributed by atoms with Crippen LogP contribution in [0, 0.1) is 0 Å². The number of anilines is 1. The maximum absolute atomic E-state index is 12.8. The molecule has 0 saturated carbocycles. The van der Waals surface area contributed by atoms with E-state index in [9.17, 15) is 14.7 Å². The number of hydrogen-bond acceptors (Lipinski definition) is 4. The van der Waals surface area contributed by atoms with E-state index < -0.39 is 12.1 Å². The fourth-order valence-corrected chi connectivity index (χ4v) is 5.10. The van der Waals surface area contributed by atoms with Gasteiger partial charge in [0, 0.05) is 22.0 Å². The molecule has 7 heteroatoms. The molecular formula is C32H24ClNO4S. The Hall–Kier alpha value is -4.39. The largest absolute Gasteiger partial charge is 0.478 e. The van der Waals surface area contributed by atoms with E-state index in [-0.39, 0.29) is 12.3 Å². The minimum atomic E-state index is -1.01. The summed E-state index contributed by atoms with van der Waals surface area (Å²) in [4.78, 5) is 26.1. The van der Waals surface area contributed by atoms with Crippen LogP contribution in [0.5, 0.6) is 5.75 Å². The van der Waals surface area contributed by atoms with Gasteiger partial charge in [-0.15, -0.1) is 11.3 Å². The molecule has 0 aliphatic rings. The van der Waals surface area contributed by atoms with Crippen molar-refractivity contribution in [2.45, 2.75) is 12.5 Å². The summed E-state index contributed by atoms with van der Waals surface area (Å²) >= 11 is 7.39. The first-order valence-corrected chi connectivity index (χ1v) is 13.4. The number of ether oxygens (including phenoxy) is 1. The van der Waals surface area contributed by atoms with Crippen molar-refractivity contribution in [2.24, 2.45) is 0 Å². The van der Waals surface area contributed by atoms with Crippen LogP contribution in [0.15, 0.2) is 115 Å². The molecule has 0 radical (unpaired) electrons. The van der Waals surface area contributed by atoms with Gasteiger partial charge in [0.2, 0.25) is 0 Å². The number of benzene rings is 4. The Morgan fingerprint density at radius 3 is 2.03 bits per heavy atom. The second-order valence-corrected chi connectivity index (χ2v) is 10.4. The second-order valence-electron chi connectivity index (χ2n) is 8.86. The third-order valence-corrected chi connectivity index (χ3v) is 7.49. The minimum absolute atomic E-state index is 0.169. The Balaban J connectivity index is 1.20. The van der Waals surface area contributed by atoms with Gasteiger partial charge in [-0.05, 0) is 70.8 Å². The molecule has 194 valence electrons. The van der Waals surface area contributed by atoms with Gasteiger partial charge in [-0.25, -0.2) is 4.79 Å². The smallest absolute Gasteiger partial charge is 0.345 e. The van der Waals surface area contributed by atoms with Crippen molar-refractivity contribution < 1.29 is 19.4 Å². The highest BCUT2D eigenvalue weighted by atomic mass is 35.5. The number of nitrogens with one attached hydrogen (secondary N) is 1. The summed E-state index contributed by atoms with van der Waals surface area (Å²) in [6.07, 6.45) is -0.703. The van der Waals surface area contributed by atoms with Gasteiger partial charge in [-0.3, -0.25) is 4.79 Å². The van der Waals surface area contributed by atoms with Crippen molar-refractivity contribution in [1.29, 1.82) is 0 Å². The summed E-state index contributed by atoms with van der Waals surface area (Å²) in [7, 11) is 0. The maximum atomic E-state index is 12.8. The molecule has 4 aromatic carbocycles. The second kappa shape index (κ2) is 12.0. The van der Waals surface area contributed by atoms with Crippen LogP contribution >= 0.6 is 22.9 Å². The zero-order valence-electron chi connectivity index (χ0n) is 20.7. The Morgan fingerprint density at radius 2 is 1.38 bits per heavy atom. The van der Waals surface area contributed by atoms with Crippen LogP contribution in [0.1, 0.15) is 15.2 Å². The molecule has 1 aromatic heterocycles. The van der Waals surface area contributed by atoms with Gasteiger partial charge >= 0.3 is 5.97 Å². The van der Waals surface area contributed by atoms with Gasteiger partial charge in [0.25, 0.3) is 5.91 Å². The zero-order chi connectivity index (χ0) is 27.2. The van der Waals surface area contributed by atoms with Gasteiger partial charge in [0.1, 0.15) is 5.75 Å². The highest BCUT2D eigenvalue weighted by molar-refractivity contribution is 7.17. The van der Waals surface area contributed by atoms with Crippen molar-refractivity contribution >= 4 is 40.5 Å². The first-order chi connectivity index (χ1) is 18.9. The maximum Gasteiger partial charge on any atom is 0.345 e. The molecule has 39 heavy (non-hydrogen) atoms. The summed E-state index contributed by atoms with van der Waals surface area (Å²) in [5.74, 6) is -0.692. The van der Waals surface area contributed by atoms with Crippen LogP contribution in [0.2, 0.25) is 5.02 Å². The van der Waals surface area contributed by atoms with Gasteiger partial charge in [-0.2, -0.15) is 0 Å². The quantitative estimate of drug-likeness (QED) is 0.193. The number of carboxylic acids is 1. The molecule has 5 aromatic rings. The van der Waals surface area contributed by atoms with E-state index >= 15 is 0 Å². The molecule has 0 aliphatic heterocycles. The normalized spacial score (nSPS) is 11.5. The molecule has 5 nitrogen and oxygen atoms in total. The van der Waals surface area contributed by atoms with Crippen LogP contribution in [-0.4, -0.2) is 23.1 Å². The molecule has 1 atom stereocenters. The third kappa shape index (κ3) is 6.74. The lowest BCUT2D eigenvalue weighted by Crippen LogP contribution is -2.29. The highest BCUT2D eigenvalue weighted by Gasteiger charge is 2.20. The zero-order valence-corrected chi connectivity index (χ0v) is 22.3. The van der Waals surface area contributed by atoms with Crippen LogP contribution in [0.3, 0.4) is 0 Å². The number of carbonyl (C=O) groups excluding carboxylic acids is 1. The van der Waals surface area contributed by atoms with Crippen LogP contribution in [0.25, 0.3) is 21.6 Å². The number of halogens is 1. The number of carboxylic acid groups (broad SMARTS) is 1. The van der Waals surface area contributed by atoms with E-state index in [1.807, 2.05) is 103 Å². The Labute approximate surface area is 235 Å². The first-order valence-electron chi connectivity index (χ1n) is 12.3. The van der Waals surface area contributed by atoms with E-state index in [1.54, 1.807) is 12.1 Å². The van der Waals surface area contributed by atoms with Crippen LogP contribution in [-0.2, 0) is 11.2 Å². The van der Waals surface area contributed by atoms with E-state index in [0.29, 0.717) is 21.3 Å². The van der Waals surface area contributed by atoms with E-state index in [0.717, 1.165) is 27.1 Å². The van der Waals surface area contributed by atoms with E-state index in [4.69, 9.17) is 16.3 Å². The lowest BCUT2D eigenvalue weighted by molar-refractivity contribution is -0.145. The van der Waals surface area contributed by atoms with Gasteiger partial charge in [-0.1, -0.05) is 78.3 Å². The fraction of sp³-hybridized carbons (Fsp3) is 0.0625. The average Bonchev–Trinajstić information content (AvgIpc) is 3.45. The summed E-state index contributed by atoms with van der Waals surface area (Å²) in [6.45, 7) is 0. The Morgan fingerprint density at radius 1 is 0.769 bits per heavy atom.